The molecule has 14 heavy (non-hydrogen) atoms. The molecule has 0 saturated carbocycles. The van der Waals surface area contributed by atoms with Gasteiger partial charge in [-0.05, 0) is 19.2 Å². The van der Waals surface area contributed by atoms with Gasteiger partial charge in [-0.3, -0.25) is 0 Å². The molecule has 0 fully saturated rings. The van der Waals surface area contributed by atoms with E-state index in [9.17, 15) is 0 Å². The van der Waals surface area contributed by atoms with Crippen molar-refractivity contribution in [2.24, 2.45) is 11.7 Å². The Morgan fingerprint density at radius 2 is 2.07 bits per heavy atom. The van der Waals surface area contributed by atoms with Crippen LogP contribution in [0.3, 0.4) is 0 Å². The third-order valence-electron chi connectivity index (χ3n) is 2.56. The van der Waals surface area contributed by atoms with Gasteiger partial charge in [0.2, 0.25) is 0 Å². The summed E-state index contributed by atoms with van der Waals surface area (Å²) < 4.78 is 5.62. The maximum absolute atomic E-state index is 5.70. The second-order valence-electron chi connectivity index (χ2n) is 3.72. The van der Waals surface area contributed by atoms with Crippen LogP contribution < -0.4 is 5.73 Å². The summed E-state index contributed by atoms with van der Waals surface area (Å²) in [4.78, 5) is 0. The fourth-order valence-electron chi connectivity index (χ4n) is 1.28. The fraction of sp³-hybridized carbons (Fsp3) is 1.00. The van der Waals surface area contributed by atoms with Crippen LogP contribution in [-0.4, -0.2) is 31.3 Å². The SMILES string of the molecule is CCCCCOCC(CN)C(C)SC. The first-order chi connectivity index (χ1) is 6.76. The molecule has 0 aliphatic carbocycles. The molecule has 0 aliphatic heterocycles. The molecule has 0 rings (SSSR count). The second kappa shape index (κ2) is 9.81. The van der Waals surface area contributed by atoms with Gasteiger partial charge in [-0.15, -0.1) is 0 Å². The van der Waals surface area contributed by atoms with Crippen LogP contribution in [-0.2, 0) is 4.74 Å². The summed E-state index contributed by atoms with van der Waals surface area (Å²) in [5.74, 6) is 0.506. The Labute approximate surface area is 93.0 Å². The maximum atomic E-state index is 5.70. The van der Waals surface area contributed by atoms with Gasteiger partial charge in [-0.1, -0.05) is 26.7 Å². The first-order valence-corrected chi connectivity index (χ1v) is 6.85. The van der Waals surface area contributed by atoms with Gasteiger partial charge in [0.25, 0.3) is 0 Å². The van der Waals surface area contributed by atoms with E-state index in [0.29, 0.717) is 11.2 Å². The van der Waals surface area contributed by atoms with Crippen LogP contribution >= 0.6 is 11.8 Å². The number of hydrogen-bond acceptors (Lipinski definition) is 3. The van der Waals surface area contributed by atoms with E-state index in [4.69, 9.17) is 10.5 Å². The molecule has 0 aromatic rings. The number of thioether (sulfide) groups is 1. The van der Waals surface area contributed by atoms with Crippen LogP contribution in [0.2, 0.25) is 0 Å². The average Bonchev–Trinajstić information content (AvgIpc) is 2.22. The van der Waals surface area contributed by atoms with E-state index in [1.165, 1.54) is 19.3 Å². The molecular formula is C11H25NOS. The van der Waals surface area contributed by atoms with Crippen molar-refractivity contribution in [3.05, 3.63) is 0 Å². The highest BCUT2D eigenvalue weighted by atomic mass is 32.2. The zero-order chi connectivity index (χ0) is 10.8. The third kappa shape index (κ3) is 6.68. The van der Waals surface area contributed by atoms with Crippen molar-refractivity contribution in [2.45, 2.75) is 38.4 Å². The van der Waals surface area contributed by atoms with E-state index < -0.39 is 0 Å². The molecule has 86 valence electrons. The molecule has 2 unspecified atom stereocenters. The number of ether oxygens (including phenoxy) is 1. The van der Waals surface area contributed by atoms with Gasteiger partial charge in [-0.2, -0.15) is 11.8 Å². The molecule has 0 aliphatic rings. The van der Waals surface area contributed by atoms with Crippen molar-refractivity contribution in [1.82, 2.24) is 0 Å². The first kappa shape index (κ1) is 14.3. The predicted molar refractivity (Wildman–Crippen MR) is 65.9 cm³/mol. The van der Waals surface area contributed by atoms with Gasteiger partial charge >= 0.3 is 0 Å². The Morgan fingerprint density at radius 3 is 2.57 bits per heavy atom. The monoisotopic (exact) mass is 219 g/mol. The number of hydrogen-bond donors (Lipinski definition) is 1. The summed E-state index contributed by atoms with van der Waals surface area (Å²) in [5, 5.41) is 0.603. The maximum Gasteiger partial charge on any atom is 0.0516 e. The van der Waals surface area contributed by atoms with Gasteiger partial charge < -0.3 is 10.5 Å². The lowest BCUT2D eigenvalue weighted by Crippen LogP contribution is -2.28. The topological polar surface area (TPSA) is 35.2 Å². The quantitative estimate of drug-likeness (QED) is 0.605. The summed E-state index contributed by atoms with van der Waals surface area (Å²) in [6.45, 7) is 6.87. The molecule has 0 radical (unpaired) electrons. The molecule has 2 nitrogen and oxygen atoms in total. The van der Waals surface area contributed by atoms with Crippen molar-refractivity contribution in [1.29, 1.82) is 0 Å². The molecule has 0 bridgehead atoms. The minimum atomic E-state index is 0.506. The lowest BCUT2D eigenvalue weighted by Gasteiger charge is -2.20. The van der Waals surface area contributed by atoms with Crippen LogP contribution in [0.5, 0.6) is 0 Å². The highest BCUT2D eigenvalue weighted by Gasteiger charge is 2.14. The van der Waals surface area contributed by atoms with Gasteiger partial charge in [0.05, 0.1) is 6.61 Å². The van der Waals surface area contributed by atoms with E-state index in [1.807, 2.05) is 11.8 Å². The smallest absolute Gasteiger partial charge is 0.0516 e. The van der Waals surface area contributed by atoms with Crippen molar-refractivity contribution in [3.8, 4) is 0 Å². The molecule has 2 N–H and O–H groups in total. The highest BCUT2D eigenvalue weighted by molar-refractivity contribution is 7.99. The molecule has 0 heterocycles. The minimum absolute atomic E-state index is 0.506. The van der Waals surface area contributed by atoms with E-state index >= 15 is 0 Å². The zero-order valence-corrected chi connectivity index (χ0v) is 10.6. The van der Waals surface area contributed by atoms with E-state index in [1.54, 1.807) is 0 Å². The highest BCUT2D eigenvalue weighted by Crippen LogP contribution is 2.16. The summed E-state index contributed by atoms with van der Waals surface area (Å²) in [6, 6.07) is 0. The summed E-state index contributed by atoms with van der Waals surface area (Å²) in [5.41, 5.74) is 5.70. The minimum Gasteiger partial charge on any atom is -0.381 e. The number of nitrogens with two attached hydrogens (primary N) is 1. The Bertz CT molecular complexity index is 122. The molecule has 0 amide bonds. The summed E-state index contributed by atoms with van der Waals surface area (Å²) >= 11 is 1.87. The van der Waals surface area contributed by atoms with Crippen molar-refractivity contribution in [2.75, 3.05) is 26.0 Å². The molecular weight excluding hydrogens is 194 g/mol. The molecule has 0 aromatic carbocycles. The lowest BCUT2D eigenvalue weighted by molar-refractivity contribution is 0.0989. The fourth-order valence-corrected chi connectivity index (χ4v) is 1.85. The van der Waals surface area contributed by atoms with Crippen molar-refractivity contribution >= 4 is 11.8 Å². The number of rotatable bonds is 9. The zero-order valence-electron chi connectivity index (χ0n) is 9.79. The molecule has 0 spiro atoms. The third-order valence-corrected chi connectivity index (χ3v) is 3.69. The predicted octanol–water partition coefficient (Wildman–Crippen LogP) is 2.52. The largest absolute Gasteiger partial charge is 0.381 e. The van der Waals surface area contributed by atoms with Gasteiger partial charge in [0, 0.05) is 17.8 Å². The van der Waals surface area contributed by atoms with E-state index in [0.717, 1.165) is 19.8 Å². The van der Waals surface area contributed by atoms with E-state index in [-0.39, 0.29) is 0 Å². The van der Waals surface area contributed by atoms with Crippen molar-refractivity contribution < 1.29 is 4.74 Å². The summed E-state index contributed by atoms with van der Waals surface area (Å²) in [6.07, 6.45) is 5.84. The molecule has 2 atom stereocenters. The van der Waals surface area contributed by atoms with Crippen LogP contribution in [0.4, 0.5) is 0 Å². The second-order valence-corrected chi connectivity index (χ2v) is 4.93. The van der Waals surface area contributed by atoms with Crippen molar-refractivity contribution in [3.63, 3.8) is 0 Å². The number of unbranched alkanes of at least 4 members (excludes halogenated alkanes) is 2. The van der Waals surface area contributed by atoms with Crippen LogP contribution in [0.1, 0.15) is 33.1 Å². The van der Waals surface area contributed by atoms with Crippen LogP contribution in [0, 0.1) is 5.92 Å². The van der Waals surface area contributed by atoms with Gasteiger partial charge in [0.1, 0.15) is 0 Å². The standard InChI is InChI=1S/C11H25NOS/c1-4-5-6-7-13-9-11(8-12)10(2)14-3/h10-11H,4-9,12H2,1-3H3. The van der Waals surface area contributed by atoms with Gasteiger partial charge in [0.15, 0.2) is 0 Å². The van der Waals surface area contributed by atoms with Crippen LogP contribution in [0.25, 0.3) is 0 Å². The van der Waals surface area contributed by atoms with Gasteiger partial charge in [-0.25, -0.2) is 0 Å². The normalized spacial score (nSPS) is 15.4. The molecule has 3 heteroatoms. The van der Waals surface area contributed by atoms with Crippen LogP contribution in [0.15, 0.2) is 0 Å². The molecule has 0 saturated heterocycles. The Kier molecular flexibility index (Phi) is 10.0. The first-order valence-electron chi connectivity index (χ1n) is 5.56. The summed E-state index contributed by atoms with van der Waals surface area (Å²) in [7, 11) is 0. The molecule has 0 aromatic heterocycles. The Balaban J connectivity index is 3.42. The van der Waals surface area contributed by atoms with E-state index in [2.05, 4.69) is 20.1 Å². The Hall–Kier alpha value is 0.270. The Morgan fingerprint density at radius 1 is 1.36 bits per heavy atom. The average molecular weight is 219 g/mol. The lowest BCUT2D eigenvalue weighted by atomic mass is 10.1.